The van der Waals surface area contributed by atoms with Crippen LogP contribution in [0.1, 0.15) is 77.5 Å². The number of methoxy groups -OCH3 is 1. The van der Waals surface area contributed by atoms with Gasteiger partial charge in [0.25, 0.3) is 17.7 Å². The van der Waals surface area contributed by atoms with Gasteiger partial charge in [0, 0.05) is 44.8 Å². The van der Waals surface area contributed by atoms with E-state index >= 15 is 4.39 Å². The number of nitrogens with one attached hydrogen (secondary N) is 2. The van der Waals surface area contributed by atoms with Crippen LogP contribution in [0, 0.1) is 19.7 Å². The summed E-state index contributed by atoms with van der Waals surface area (Å²) in [5.41, 5.74) is 13.3. The average Bonchev–Trinajstić information content (AvgIpc) is 4.04. The first-order valence-electron chi connectivity index (χ1n) is 20.4. The van der Waals surface area contributed by atoms with E-state index in [2.05, 4.69) is 30.6 Å². The Bertz CT molecular complexity index is 2750. The number of allylic oxidation sites excluding steroid dienone is 2. The Morgan fingerprint density at radius 1 is 0.905 bits per heavy atom. The molecule has 6 aromatic rings. The molecule has 0 unspecified atom stereocenters. The number of carbonyl (C=O) groups excluding carboxylic acids is 4. The first kappa shape index (κ1) is 44.3. The number of fused-ring (bicyclic) bond motifs is 2. The van der Waals surface area contributed by atoms with Crippen molar-refractivity contribution in [1.82, 2.24) is 38.8 Å². The van der Waals surface area contributed by atoms with Gasteiger partial charge in [0.2, 0.25) is 17.8 Å². The van der Waals surface area contributed by atoms with E-state index in [1.165, 1.54) is 33.8 Å². The van der Waals surface area contributed by atoms with Crippen LogP contribution in [-0.4, -0.2) is 109 Å². The summed E-state index contributed by atoms with van der Waals surface area (Å²) in [6.45, 7) is 12.0. The summed E-state index contributed by atoms with van der Waals surface area (Å²) in [6.07, 6.45) is 4.76. The normalized spacial score (nSPS) is 13.3. The summed E-state index contributed by atoms with van der Waals surface area (Å²) >= 11 is 1.27. The molecule has 6 N–H and O–H groups in total. The minimum Gasteiger partial charge on any atom is -0.494 e. The smallest absolute Gasteiger partial charge is 0.276 e. The lowest BCUT2D eigenvalue weighted by Gasteiger charge is -2.26. The molecule has 0 bridgehead atoms. The second kappa shape index (κ2) is 19.1. The van der Waals surface area contributed by atoms with Crippen molar-refractivity contribution in [2.75, 3.05) is 57.2 Å². The molecule has 0 spiro atoms. The Morgan fingerprint density at radius 3 is 2.27 bits per heavy atom. The molecule has 332 valence electrons. The van der Waals surface area contributed by atoms with E-state index in [0.717, 1.165) is 24.6 Å². The zero-order chi connectivity index (χ0) is 44.9. The van der Waals surface area contributed by atoms with Gasteiger partial charge in [-0.25, -0.2) is 19.3 Å². The van der Waals surface area contributed by atoms with Gasteiger partial charge in [-0.2, -0.15) is 5.10 Å². The molecule has 21 heteroatoms. The van der Waals surface area contributed by atoms with Crippen molar-refractivity contribution in [3.63, 3.8) is 0 Å². The van der Waals surface area contributed by atoms with Gasteiger partial charge in [-0.3, -0.25) is 39.4 Å². The molecule has 0 aliphatic carbocycles. The van der Waals surface area contributed by atoms with Gasteiger partial charge in [-0.15, -0.1) is 11.3 Å². The summed E-state index contributed by atoms with van der Waals surface area (Å²) in [7, 11) is 1.36. The molecule has 7 rings (SSSR count). The number of ether oxygens (including phenoxy) is 3. The van der Waals surface area contributed by atoms with E-state index in [4.69, 9.17) is 30.7 Å². The summed E-state index contributed by atoms with van der Waals surface area (Å²) in [5, 5.41) is 10.8. The number of thiazole rings is 1. The molecule has 1 saturated heterocycles. The van der Waals surface area contributed by atoms with E-state index in [9.17, 15) is 19.2 Å². The molecular formula is C42H49FN12O7S. The number of hydrogen-bond acceptors (Lipinski definition) is 13. The van der Waals surface area contributed by atoms with Gasteiger partial charge < -0.3 is 34.8 Å². The number of benzene rings is 2. The van der Waals surface area contributed by atoms with Gasteiger partial charge in [0.15, 0.2) is 5.82 Å². The van der Waals surface area contributed by atoms with Gasteiger partial charge in [0.05, 0.1) is 54.4 Å². The molecule has 1 aliphatic heterocycles. The fourth-order valence-electron chi connectivity index (χ4n) is 7.45. The highest BCUT2D eigenvalue weighted by Crippen LogP contribution is 2.35. The number of imidazole rings is 2. The molecule has 0 radical (unpaired) electrons. The number of nitrogens with zero attached hydrogens (tertiary/aromatic N) is 8. The molecule has 5 heterocycles. The minimum absolute atomic E-state index is 0.00887. The van der Waals surface area contributed by atoms with Crippen LogP contribution in [0.4, 0.5) is 16.3 Å². The molecule has 1 fully saturated rings. The highest BCUT2D eigenvalue weighted by atomic mass is 32.1. The Morgan fingerprint density at radius 2 is 1.60 bits per heavy atom. The first-order chi connectivity index (χ1) is 30.3. The van der Waals surface area contributed by atoms with E-state index in [-0.39, 0.29) is 53.0 Å². The number of hydrogen-bond donors (Lipinski definition) is 4. The monoisotopic (exact) mass is 884 g/mol. The van der Waals surface area contributed by atoms with Crippen molar-refractivity contribution in [2.24, 2.45) is 11.5 Å². The fourth-order valence-corrected chi connectivity index (χ4v) is 8.35. The van der Waals surface area contributed by atoms with E-state index in [0.29, 0.717) is 72.3 Å². The van der Waals surface area contributed by atoms with Crippen molar-refractivity contribution in [2.45, 2.75) is 60.2 Å². The number of anilines is 2. The van der Waals surface area contributed by atoms with E-state index in [1.54, 1.807) is 41.8 Å². The minimum atomic E-state index is -1.02. The Labute approximate surface area is 365 Å². The lowest BCUT2D eigenvalue weighted by Crippen LogP contribution is -2.37. The Balaban J connectivity index is 1.27. The number of amides is 4. The van der Waals surface area contributed by atoms with Crippen molar-refractivity contribution in [1.29, 1.82) is 0 Å². The van der Waals surface area contributed by atoms with Crippen LogP contribution < -0.4 is 31.6 Å². The summed E-state index contributed by atoms with van der Waals surface area (Å²) < 4.78 is 38.1. The van der Waals surface area contributed by atoms with E-state index in [1.807, 2.05) is 20.8 Å². The first-order valence-corrected chi connectivity index (χ1v) is 21.2. The summed E-state index contributed by atoms with van der Waals surface area (Å²) in [5.74, 6) is -3.09. The maximum Gasteiger partial charge on any atom is 0.276 e. The molecule has 2 aromatic carbocycles. The largest absolute Gasteiger partial charge is 0.494 e. The standard InChI is InChI=1S/C42H49FN12O7S/c1-6-27-36(63-24(4)46-27)40(59)50-41-47-28-20-25(37(44)56)21-31(62-16-10-11-52-14-17-61-18-15-52)34(28)53(41)12-8-9-13-54-35-30(60-5)22-26(38(45)57)32(43)33(35)48-42(54)49-39(58)29-19-23(3)51-55(29)7-2/h8-9,19-22H,6-7,10-18H2,1-5H3,(H2,44,56)(H2,45,57)(H,47,50,59)(H,48,49,58). The molecular weight excluding hydrogens is 836 g/mol. The van der Waals surface area contributed by atoms with Crippen LogP contribution >= 0.6 is 11.3 Å². The average molecular weight is 885 g/mol. The molecule has 19 nitrogen and oxygen atoms in total. The van der Waals surface area contributed by atoms with Gasteiger partial charge in [-0.05, 0) is 57.9 Å². The van der Waals surface area contributed by atoms with Crippen molar-refractivity contribution < 1.29 is 37.8 Å². The Hall–Kier alpha value is -6.71. The maximum absolute atomic E-state index is 15.9. The third-order valence-electron chi connectivity index (χ3n) is 10.5. The predicted octanol–water partition coefficient (Wildman–Crippen LogP) is 4.45. The number of primary amides is 2. The van der Waals surface area contributed by atoms with Gasteiger partial charge in [0.1, 0.15) is 38.6 Å². The molecule has 0 saturated carbocycles. The topological polar surface area (TPSA) is 242 Å². The zero-order valence-electron chi connectivity index (χ0n) is 35.6. The third-order valence-corrected chi connectivity index (χ3v) is 11.5. The predicted molar refractivity (Wildman–Crippen MR) is 234 cm³/mol. The lowest BCUT2D eigenvalue weighted by atomic mass is 10.1. The molecule has 4 amide bonds. The van der Waals surface area contributed by atoms with Crippen LogP contribution in [0.15, 0.2) is 36.4 Å². The van der Waals surface area contributed by atoms with Crippen molar-refractivity contribution >= 4 is 68.9 Å². The van der Waals surface area contributed by atoms with Crippen LogP contribution in [0.5, 0.6) is 11.5 Å². The number of aromatic nitrogens is 7. The summed E-state index contributed by atoms with van der Waals surface area (Å²) in [6, 6.07) is 5.92. The van der Waals surface area contributed by atoms with Crippen LogP contribution in [0.25, 0.3) is 22.1 Å². The summed E-state index contributed by atoms with van der Waals surface area (Å²) in [4.78, 5) is 68.7. The van der Waals surface area contributed by atoms with Crippen LogP contribution in [0.2, 0.25) is 0 Å². The van der Waals surface area contributed by atoms with E-state index < -0.39 is 35.0 Å². The zero-order valence-corrected chi connectivity index (χ0v) is 36.4. The molecule has 4 aromatic heterocycles. The number of nitrogens with two attached hydrogens (primary N) is 2. The van der Waals surface area contributed by atoms with Gasteiger partial charge >= 0.3 is 0 Å². The number of morpholine rings is 1. The molecule has 63 heavy (non-hydrogen) atoms. The van der Waals surface area contributed by atoms with Crippen molar-refractivity contribution in [3.8, 4) is 11.5 Å². The second-order valence-electron chi connectivity index (χ2n) is 14.7. The SMILES string of the molecule is CCc1nc(C)sc1C(=O)Nc1nc2cc(C(N)=O)cc(OCCCN3CCOCC3)c2n1CC=CCn1c(NC(=O)c2cc(C)nn2CC)nc2c(F)c(C(N)=O)cc(OC)c21. The highest BCUT2D eigenvalue weighted by Gasteiger charge is 2.26. The van der Waals surface area contributed by atoms with Crippen LogP contribution in [0.3, 0.4) is 0 Å². The molecule has 0 atom stereocenters. The fraction of sp³-hybridized carbons (Fsp3) is 0.381. The number of carbonyl (C=O) groups is 4. The molecule has 1 aliphatic rings. The van der Waals surface area contributed by atoms with Gasteiger partial charge in [-0.1, -0.05) is 19.1 Å². The second-order valence-corrected chi connectivity index (χ2v) is 15.9. The number of rotatable bonds is 18. The maximum atomic E-state index is 15.9. The lowest BCUT2D eigenvalue weighted by molar-refractivity contribution is 0.0358. The highest BCUT2D eigenvalue weighted by molar-refractivity contribution is 7.13. The third kappa shape index (κ3) is 9.39. The Kier molecular flexibility index (Phi) is 13.5. The van der Waals surface area contributed by atoms with Crippen molar-refractivity contribution in [3.05, 3.63) is 80.3 Å². The quantitative estimate of drug-likeness (QED) is 0.0692. The number of aryl methyl sites for hydroxylation is 4. The number of halogens is 1. The van der Waals surface area contributed by atoms with Crippen LogP contribution in [-0.2, 0) is 30.8 Å².